The SMILES string of the molecule is CN1CN=[N+](C)C1N=Nc1c(-c2ccccc2)[nH]c2ccccc12. The van der Waals surface area contributed by atoms with Crippen molar-refractivity contribution in [1.29, 1.82) is 0 Å². The largest absolute Gasteiger partial charge is 0.353 e. The molecule has 0 amide bonds. The molecule has 2 heterocycles. The quantitative estimate of drug-likeness (QED) is 0.571. The highest BCUT2D eigenvalue weighted by atomic mass is 15.6. The van der Waals surface area contributed by atoms with E-state index >= 15 is 0 Å². The van der Waals surface area contributed by atoms with Gasteiger partial charge in [-0.1, -0.05) is 58.3 Å². The number of hydrogen-bond acceptors (Lipinski definition) is 4. The zero-order valence-electron chi connectivity index (χ0n) is 13.7. The Morgan fingerprint density at radius 3 is 2.62 bits per heavy atom. The van der Waals surface area contributed by atoms with Crippen molar-refractivity contribution in [2.45, 2.75) is 6.29 Å². The average molecular weight is 319 g/mol. The van der Waals surface area contributed by atoms with Crippen molar-refractivity contribution in [3.63, 3.8) is 0 Å². The van der Waals surface area contributed by atoms with E-state index in [1.165, 1.54) is 0 Å². The standard InChI is InChI=1S/C18H19N6/c1-23-12-19-24(2)18(23)22-21-17-14-10-6-7-11-15(14)20-16(17)13-8-4-3-5-9-13/h3-11,18,20H,12H2,1-2H3/q+1. The Labute approximate surface area is 140 Å². The van der Waals surface area contributed by atoms with Crippen LogP contribution in [0.3, 0.4) is 0 Å². The van der Waals surface area contributed by atoms with Gasteiger partial charge in [-0.3, -0.25) is 0 Å². The topological polar surface area (TPSA) is 59.1 Å². The minimum atomic E-state index is -0.165. The molecule has 3 aromatic rings. The van der Waals surface area contributed by atoms with Gasteiger partial charge in [0.05, 0.1) is 5.69 Å². The van der Waals surface area contributed by atoms with Crippen LogP contribution in [0.4, 0.5) is 5.69 Å². The molecule has 0 aliphatic carbocycles. The number of H-pyrrole nitrogens is 1. The lowest BCUT2D eigenvalue weighted by Crippen LogP contribution is -2.30. The molecule has 4 rings (SSSR count). The normalized spacial score (nSPS) is 18.6. The van der Waals surface area contributed by atoms with Crippen molar-refractivity contribution in [3.05, 3.63) is 54.6 Å². The predicted molar refractivity (Wildman–Crippen MR) is 93.3 cm³/mol. The van der Waals surface area contributed by atoms with E-state index in [0.717, 1.165) is 27.8 Å². The molecule has 0 bridgehead atoms. The van der Waals surface area contributed by atoms with Crippen molar-refractivity contribution in [2.24, 2.45) is 15.3 Å². The van der Waals surface area contributed by atoms with Crippen LogP contribution in [0.5, 0.6) is 0 Å². The van der Waals surface area contributed by atoms with Crippen molar-refractivity contribution < 1.29 is 4.70 Å². The zero-order valence-corrected chi connectivity index (χ0v) is 13.7. The molecule has 1 N–H and O–H groups in total. The van der Waals surface area contributed by atoms with Gasteiger partial charge in [0.1, 0.15) is 5.69 Å². The van der Waals surface area contributed by atoms with Gasteiger partial charge in [-0.2, -0.15) is 4.90 Å². The maximum atomic E-state index is 4.60. The molecule has 1 aliphatic rings. The van der Waals surface area contributed by atoms with Gasteiger partial charge in [0.15, 0.2) is 13.7 Å². The zero-order chi connectivity index (χ0) is 16.5. The van der Waals surface area contributed by atoms with Crippen LogP contribution in [-0.2, 0) is 0 Å². The number of fused-ring (bicyclic) bond motifs is 1. The van der Waals surface area contributed by atoms with E-state index in [1.54, 1.807) is 0 Å². The van der Waals surface area contributed by atoms with Crippen molar-refractivity contribution >= 4 is 16.6 Å². The molecule has 6 nitrogen and oxygen atoms in total. The van der Waals surface area contributed by atoms with E-state index in [2.05, 4.69) is 44.6 Å². The van der Waals surface area contributed by atoms with Gasteiger partial charge >= 0.3 is 6.29 Å². The van der Waals surface area contributed by atoms with Crippen LogP contribution in [-0.4, -0.2) is 41.6 Å². The molecular formula is C18H19N6+. The number of aromatic nitrogens is 1. The number of azo groups is 3. The van der Waals surface area contributed by atoms with Crippen LogP contribution in [0.15, 0.2) is 69.9 Å². The lowest BCUT2D eigenvalue weighted by Gasteiger charge is -2.06. The second-order valence-corrected chi connectivity index (χ2v) is 5.94. The fourth-order valence-electron chi connectivity index (χ4n) is 2.95. The number of para-hydroxylation sites is 1. The number of rotatable bonds is 3. The minimum absolute atomic E-state index is 0.165. The summed E-state index contributed by atoms with van der Waals surface area (Å²) in [5, 5.41) is 14.5. The van der Waals surface area contributed by atoms with Gasteiger partial charge in [0.2, 0.25) is 0 Å². The third-order valence-electron chi connectivity index (χ3n) is 4.24. The first kappa shape index (κ1) is 14.7. The molecule has 120 valence electrons. The van der Waals surface area contributed by atoms with Crippen LogP contribution in [0.2, 0.25) is 0 Å². The highest BCUT2D eigenvalue weighted by molar-refractivity contribution is 5.99. The first-order valence-electron chi connectivity index (χ1n) is 7.91. The number of benzene rings is 2. The number of hydrogen-bond donors (Lipinski definition) is 1. The van der Waals surface area contributed by atoms with Crippen molar-refractivity contribution in [1.82, 2.24) is 9.88 Å². The third kappa shape index (κ3) is 2.51. The first-order valence-corrected chi connectivity index (χ1v) is 7.91. The molecule has 1 aromatic heterocycles. The van der Waals surface area contributed by atoms with Crippen LogP contribution >= 0.6 is 0 Å². The number of aromatic amines is 1. The van der Waals surface area contributed by atoms with Gasteiger partial charge in [0, 0.05) is 16.5 Å². The van der Waals surface area contributed by atoms with Gasteiger partial charge in [-0.15, -0.1) is 5.11 Å². The Morgan fingerprint density at radius 1 is 1.12 bits per heavy atom. The van der Waals surface area contributed by atoms with E-state index in [-0.39, 0.29) is 6.29 Å². The fourth-order valence-corrected chi connectivity index (χ4v) is 2.95. The summed E-state index contributed by atoms with van der Waals surface area (Å²) in [4.78, 5) is 5.52. The molecule has 1 atom stereocenters. The summed E-state index contributed by atoms with van der Waals surface area (Å²) >= 11 is 0. The summed E-state index contributed by atoms with van der Waals surface area (Å²) in [6, 6.07) is 18.4. The molecule has 2 aromatic carbocycles. The summed E-state index contributed by atoms with van der Waals surface area (Å²) in [7, 11) is 3.91. The predicted octanol–water partition coefficient (Wildman–Crippen LogP) is 4.20. The summed E-state index contributed by atoms with van der Waals surface area (Å²) in [6.45, 7) is 0.639. The molecule has 1 unspecified atom stereocenters. The molecule has 6 heteroatoms. The van der Waals surface area contributed by atoms with Gasteiger partial charge in [-0.05, 0) is 18.2 Å². The van der Waals surface area contributed by atoms with Gasteiger partial charge in [0.25, 0.3) is 0 Å². The van der Waals surface area contributed by atoms with E-state index in [0.29, 0.717) is 6.67 Å². The highest BCUT2D eigenvalue weighted by Gasteiger charge is 2.30. The Bertz CT molecular complexity index is 925. The highest BCUT2D eigenvalue weighted by Crippen LogP contribution is 2.37. The Hall–Kier alpha value is -2.86. The lowest BCUT2D eigenvalue weighted by atomic mass is 10.1. The second-order valence-electron chi connectivity index (χ2n) is 5.94. The van der Waals surface area contributed by atoms with Gasteiger partial charge in [-0.25, -0.2) is 0 Å². The Balaban J connectivity index is 1.83. The Kier molecular flexibility index (Phi) is 3.66. The van der Waals surface area contributed by atoms with Crippen LogP contribution in [0.25, 0.3) is 22.2 Å². The average Bonchev–Trinajstić information content (AvgIpc) is 3.14. The van der Waals surface area contributed by atoms with E-state index < -0.39 is 0 Å². The molecular weight excluding hydrogens is 300 g/mol. The van der Waals surface area contributed by atoms with Gasteiger partial charge < -0.3 is 4.98 Å². The van der Waals surface area contributed by atoms with Crippen LogP contribution < -0.4 is 0 Å². The molecule has 0 spiro atoms. The first-order chi connectivity index (χ1) is 11.7. The van der Waals surface area contributed by atoms with Crippen molar-refractivity contribution in [2.75, 3.05) is 20.8 Å². The summed E-state index contributed by atoms with van der Waals surface area (Å²) < 4.78 is 1.83. The molecule has 0 fully saturated rings. The fraction of sp³-hybridized carbons (Fsp3) is 0.222. The lowest BCUT2D eigenvalue weighted by molar-refractivity contribution is -0.601. The molecule has 0 saturated carbocycles. The maximum absolute atomic E-state index is 4.60. The van der Waals surface area contributed by atoms with E-state index in [9.17, 15) is 0 Å². The Morgan fingerprint density at radius 2 is 1.88 bits per heavy atom. The minimum Gasteiger partial charge on any atom is -0.353 e. The molecule has 0 saturated heterocycles. The molecule has 0 radical (unpaired) electrons. The van der Waals surface area contributed by atoms with Crippen LogP contribution in [0.1, 0.15) is 0 Å². The van der Waals surface area contributed by atoms with E-state index in [1.807, 2.05) is 54.0 Å². The molecule has 1 aliphatic heterocycles. The van der Waals surface area contributed by atoms with E-state index in [4.69, 9.17) is 0 Å². The van der Waals surface area contributed by atoms with Crippen molar-refractivity contribution in [3.8, 4) is 11.3 Å². The smallest absolute Gasteiger partial charge is 0.350 e. The van der Waals surface area contributed by atoms with Crippen LogP contribution in [0, 0.1) is 0 Å². The maximum Gasteiger partial charge on any atom is 0.350 e. The summed E-state index contributed by atoms with van der Waals surface area (Å²) in [6.07, 6.45) is -0.165. The number of nitrogens with zero attached hydrogens (tertiary/aromatic N) is 5. The summed E-state index contributed by atoms with van der Waals surface area (Å²) in [5.74, 6) is 0. The monoisotopic (exact) mass is 319 g/mol. The molecule has 24 heavy (non-hydrogen) atoms. The second kappa shape index (κ2) is 5.98. The number of nitrogens with one attached hydrogen (secondary N) is 1. The third-order valence-corrected chi connectivity index (χ3v) is 4.24. The summed E-state index contributed by atoms with van der Waals surface area (Å²) in [5.41, 5.74) is 4.01.